The summed E-state index contributed by atoms with van der Waals surface area (Å²) in [6.45, 7) is 0. The number of carbonyl (C=O) groups excluding carboxylic acids is 1. The zero-order chi connectivity index (χ0) is 6.69. The van der Waals surface area contributed by atoms with E-state index in [9.17, 15) is 4.79 Å². The van der Waals surface area contributed by atoms with Crippen molar-refractivity contribution in [2.45, 2.75) is 0 Å². The SMILES string of the molecule is NC(=O)Nc1cscn1. The zero-order valence-corrected chi connectivity index (χ0v) is 5.31. The van der Waals surface area contributed by atoms with Crippen LogP contribution in [0.1, 0.15) is 0 Å². The quantitative estimate of drug-likeness (QED) is 0.605. The number of nitrogens with two attached hydrogens (primary N) is 1. The molecule has 9 heavy (non-hydrogen) atoms. The summed E-state index contributed by atoms with van der Waals surface area (Å²) in [5.74, 6) is 0.507. The zero-order valence-electron chi connectivity index (χ0n) is 4.50. The normalized spacial score (nSPS) is 8.89. The number of amides is 2. The standard InChI is InChI=1S/C4H5N3OS/c5-4(8)7-3-1-9-2-6-3/h1-2H,(H3,5,7,8). The van der Waals surface area contributed by atoms with Crippen LogP contribution in [0.3, 0.4) is 0 Å². The van der Waals surface area contributed by atoms with Crippen LogP contribution in [-0.4, -0.2) is 11.0 Å². The summed E-state index contributed by atoms with van der Waals surface area (Å²) in [5, 5.41) is 4.02. The lowest BCUT2D eigenvalue weighted by Gasteiger charge is -1.91. The van der Waals surface area contributed by atoms with E-state index in [2.05, 4.69) is 10.3 Å². The van der Waals surface area contributed by atoms with Crippen LogP contribution in [0.5, 0.6) is 0 Å². The van der Waals surface area contributed by atoms with E-state index in [1.165, 1.54) is 11.3 Å². The van der Waals surface area contributed by atoms with Gasteiger partial charge in [-0.25, -0.2) is 9.78 Å². The van der Waals surface area contributed by atoms with Gasteiger partial charge in [0.2, 0.25) is 0 Å². The highest BCUT2D eigenvalue weighted by molar-refractivity contribution is 7.07. The predicted octanol–water partition coefficient (Wildman–Crippen LogP) is 0.634. The lowest BCUT2D eigenvalue weighted by Crippen LogP contribution is -2.19. The van der Waals surface area contributed by atoms with E-state index in [0.717, 1.165) is 0 Å². The molecule has 0 saturated heterocycles. The number of nitrogens with zero attached hydrogens (tertiary/aromatic N) is 1. The molecule has 5 heteroatoms. The second-order valence-corrected chi connectivity index (χ2v) is 2.08. The fourth-order valence-electron chi connectivity index (χ4n) is 0.400. The average Bonchev–Trinajstić information content (AvgIpc) is 2.15. The van der Waals surface area contributed by atoms with Crippen molar-refractivity contribution in [1.82, 2.24) is 4.98 Å². The highest BCUT2D eigenvalue weighted by Crippen LogP contribution is 2.04. The number of rotatable bonds is 1. The Bertz CT molecular complexity index is 196. The highest BCUT2D eigenvalue weighted by atomic mass is 32.1. The Kier molecular flexibility index (Phi) is 1.64. The van der Waals surface area contributed by atoms with E-state index in [0.29, 0.717) is 5.82 Å². The third kappa shape index (κ3) is 1.69. The van der Waals surface area contributed by atoms with Crippen LogP contribution < -0.4 is 11.1 Å². The van der Waals surface area contributed by atoms with Gasteiger partial charge in [-0.15, -0.1) is 11.3 Å². The molecule has 48 valence electrons. The number of hydrogen-bond acceptors (Lipinski definition) is 3. The first-order chi connectivity index (χ1) is 4.29. The van der Waals surface area contributed by atoms with Gasteiger partial charge in [-0.1, -0.05) is 0 Å². The van der Waals surface area contributed by atoms with Crippen molar-refractivity contribution < 1.29 is 4.79 Å². The van der Waals surface area contributed by atoms with Crippen molar-refractivity contribution in [3.05, 3.63) is 10.9 Å². The Labute approximate surface area is 55.7 Å². The molecule has 0 aliphatic rings. The topological polar surface area (TPSA) is 68.0 Å². The van der Waals surface area contributed by atoms with Crippen LogP contribution in [-0.2, 0) is 0 Å². The van der Waals surface area contributed by atoms with Crippen molar-refractivity contribution in [3.63, 3.8) is 0 Å². The molecule has 0 aromatic carbocycles. The van der Waals surface area contributed by atoms with Gasteiger partial charge in [0.1, 0.15) is 5.82 Å². The van der Waals surface area contributed by atoms with Gasteiger partial charge < -0.3 is 5.73 Å². The number of aromatic nitrogens is 1. The van der Waals surface area contributed by atoms with Crippen LogP contribution in [0.25, 0.3) is 0 Å². The average molecular weight is 143 g/mol. The van der Waals surface area contributed by atoms with E-state index >= 15 is 0 Å². The Hall–Kier alpha value is -1.10. The fraction of sp³-hybridized carbons (Fsp3) is 0. The second-order valence-electron chi connectivity index (χ2n) is 1.36. The van der Waals surface area contributed by atoms with Gasteiger partial charge >= 0.3 is 6.03 Å². The van der Waals surface area contributed by atoms with Crippen LogP contribution in [0.2, 0.25) is 0 Å². The van der Waals surface area contributed by atoms with Gasteiger partial charge in [0, 0.05) is 5.38 Å². The van der Waals surface area contributed by atoms with Crippen LogP contribution in [0.4, 0.5) is 10.6 Å². The molecule has 4 nitrogen and oxygen atoms in total. The number of thiazole rings is 1. The Balaban J connectivity index is 2.58. The first-order valence-corrected chi connectivity index (χ1v) is 3.18. The monoisotopic (exact) mass is 143 g/mol. The summed E-state index contributed by atoms with van der Waals surface area (Å²) in [7, 11) is 0. The lowest BCUT2D eigenvalue weighted by atomic mass is 10.8. The molecule has 0 radical (unpaired) electrons. The molecule has 1 rings (SSSR count). The highest BCUT2D eigenvalue weighted by Gasteiger charge is 1.94. The minimum atomic E-state index is -0.583. The molecule has 0 fully saturated rings. The smallest absolute Gasteiger partial charge is 0.317 e. The maximum atomic E-state index is 10.1. The summed E-state index contributed by atoms with van der Waals surface area (Å²) in [5.41, 5.74) is 6.41. The minimum Gasteiger partial charge on any atom is -0.351 e. The molecule has 0 aliphatic heterocycles. The van der Waals surface area contributed by atoms with Gasteiger partial charge in [-0.05, 0) is 0 Å². The van der Waals surface area contributed by atoms with E-state index in [-0.39, 0.29) is 0 Å². The molecule has 0 aliphatic carbocycles. The molecule has 0 spiro atoms. The molecule has 1 aromatic heterocycles. The van der Waals surface area contributed by atoms with Crippen LogP contribution in [0, 0.1) is 0 Å². The Morgan fingerprint density at radius 2 is 2.67 bits per heavy atom. The van der Waals surface area contributed by atoms with Crippen LogP contribution >= 0.6 is 11.3 Å². The first kappa shape index (κ1) is 6.03. The number of hydrogen-bond donors (Lipinski definition) is 2. The number of carbonyl (C=O) groups is 1. The number of nitrogens with one attached hydrogen (secondary N) is 1. The third-order valence-corrected chi connectivity index (χ3v) is 1.27. The van der Waals surface area contributed by atoms with E-state index < -0.39 is 6.03 Å². The van der Waals surface area contributed by atoms with Gasteiger partial charge in [0.15, 0.2) is 0 Å². The number of anilines is 1. The van der Waals surface area contributed by atoms with Gasteiger partial charge in [-0.2, -0.15) is 0 Å². The van der Waals surface area contributed by atoms with E-state index in [1.54, 1.807) is 10.9 Å². The van der Waals surface area contributed by atoms with E-state index in [4.69, 9.17) is 5.73 Å². The molecule has 2 amide bonds. The maximum absolute atomic E-state index is 10.1. The molecule has 1 heterocycles. The van der Waals surface area contributed by atoms with Crippen molar-refractivity contribution in [2.24, 2.45) is 5.73 Å². The largest absolute Gasteiger partial charge is 0.351 e. The number of urea groups is 1. The summed E-state index contributed by atoms with van der Waals surface area (Å²) in [6.07, 6.45) is 0. The van der Waals surface area contributed by atoms with Crippen molar-refractivity contribution in [1.29, 1.82) is 0 Å². The first-order valence-electron chi connectivity index (χ1n) is 2.23. The molecular formula is C4H5N3OS. The second kappa shape index (κ2) is 2.45. The summed E-state index contributed by atoms with van der Waals surface area (Å²) < 4.78 is 0. The third-order valence-electron chi connectivity index (χ3n) is 0.684. The Morgan fingerprint density at radius 3 is 3.11 bits per heavy atom. The van der Waals surface area contributed by atoms with Crippen molar-refractivity contribution in [2.75, 3.05) is 5.32 Å². The van der Waals surface area contributed by atoms with Crippen LogP contribution in [0.15, 0.2) is 10.9 Å². The van der Waals surface area contributed by atoms with Crippen molar-refractivity contribution in [3.8, 4) is 0 Å². The summed E-state index contributed by atoms with van der Waals surface area (Å²) in [6, 6.07) is -0.583. The van der Waals surface area contributed by atoms with E-state index in [1.807, 2.05) is 0 Å². The lowest BCUT2D eigenvalue weighted by molar-refractivity contribution is 0.259. The summed E-state index contributed by atoms with van der Waals surface area (Å²) in [4.78, 5) is 13.9. The molecule has 1 aromatic rings. The van der Waals surface area contributed by atoms with Gasteiger partial charge in [0.25, 0.3) is 0 Å². The maximum Gasteiger partial charge on any atom is 0.317 e. The minimum absolute atomic E-state index is 0.507. The molecule has 0 atom stereocenters. The molecular weight excluding hydrogens is 138 g/mol. The Morgan fingerprint density at radius 1 is 1.89 bits per heavy atom. The fourth-order valence-corrected chi connectivity index (χ4v) is 0.884. The van der Waals surface area contributed by atoms with Crippen molar-refractivity contribution >= 4 is 23.2 Å². The summed E-state index contributed by atoms with van der Waals surface area (Å²) >= 11 is 1.40. The van der Waals surface area contributed by atoms with Gasteiger partial charge in [-0.3, -0.25) is 5.32 Å². The predicted molar refractivity (Wildman–Crippen MR) is 35.3 cm³/mol. The molecule has 3 N–H and O–H groups in total. The molecule has 0 bridgehead atoms. The van der Waals surface area contributed by atoms with Gasteiger partial charge in [0.05, 0.1) is 5.51 Å². The number of primary amides is 1. The molecule has 0 unspecified atom stereocenters. The molecule has 0 saturated carbocycles.